The van der Waals surface area contributed by atoms with Gasteiger partial charge in [-0.05, 0) is 54.7 Å². The predicted molar refractivity (Wildman–Crippen MR) is 164 cm³/mol. The lowest BCUT2D eigenvalue weighted by Crippen LogP contribution is -2.35. The molecule has 6 rings (SSSR count). The van der Waals surface area contributed by atoms with Crippen LogP contribution in [0.2, 0.25) is 5.02 Å². The van der Waals surface area contributed by atoms with Crippen LogP contribution < -0.4 is 10.6 Å². The van der Waals surface area contributed by atoms with Crippen LogP contribution in [0.15, 0.2) is 79.1 Å². The van der Waals surface area contributed by atoms with E-state index in [9.17, 15) is 29.5 Å². The second-order valence-corrected chi connectivity index (χ2v) is 11.3. The van der Waals surface area contributed by atoms with Crippen LogP contribution in [0.3, 0.4) is 0 Å². The first-order chi connectivity index (χ1) is 22.5. The number of nitriles is 2. The third-order valence-corrected chi connectivity index (χ3v) is 8.24. The van der Waals surface area contributed by atoms with Crippen molar-refractivity contribution in [2.75, 3.05) is 10.6 Å². The van der Waals surface area contributed by atoms with Gasteiger partial charge in [0, 0.05) is 23.7 Å². The Hall–Kier alpha value is -5.20. The number of pyridine rings is 1. The molecule has 0 amide bonds. The molecule has 0 bridgehead atoms. The zero-order valence-corrected chi connectivity index (χ0v) is 24.7. The number of nitrogens with one attached hydrogen (secondary N) is 2. The quantitative estimate of drug-likeness (QED) is 0.147. The van der Waals surface area contributed by atoms with Gasteiger partial charge in [0.2, 0.25) is 0 Å². The number of anilines is 2. The minimum Gasteiger partial charge on any atom is -0.377 e. The highest BCUT2D eigenvalue weighted by molar-refractivity contribution is 6.35. The van der Waals surface area contributed by atoms with Gasteiger partial charge in [-0.2, -0.15) is 23.7 Å². The number of nitrogens with zero attached hydrogens (tertiary/aromatic N) is 6. The first-order valence-electron chi connectivity index (χ1n) is 14.7. The van der Waals surface area contributed by atoms with E-state index in [1.165, 1.54) is 24.4 Å². The molecule has 0 saturated heterocycles. The van der Waals surface area contributed by atoms with Crippen LogP contribution in [0.5, 0.6) is 0 Å². The van der Waals surface area contributed by atoms with Gasteiger partial charge in [-0.15, -0.1) is 5.10 Å². The van der Waals surface area contributed by atoms with Crippen molar-refractivity contribution in [3.8, 4) is 12.1 Å². The molecule has 1 fully saturated rings. The summed E-state index contributed by atoms with van der Waals surface area (Å²) in [6.07, 6.45) is -1.79. The van der Waals surface area contributed by atoms with Crippen molar-refractivity contribution in [1.82, 2.24) is 20.0 Å². The number of rotatable bonds is 10. The van der Waals surface area contributed by atoms with Gasteiger partial charge in [0.1, 0.15) is 17.6 Å². The Balaban J connectivity index is 1.46. The molecule has 1 aliphatic rings. The molecule has 5 aromatic rings. The fourth-order valence-corrected chi connectivity index (χ4v) is 5.62. The maximum atomic E-state index is 13.9. The van der Waals surface area contributed by atoms with E-state index in [0.717, 1.165) is 28.6 Å². The third-order valence-electron chi connectivity index (χ3n) is 7.95. The van der Waals surface area contributed by atoms with Gasteiger partial charge in [0.05, 0.1) is 47.5 Å². The average molecular weight is 646 g/mol. The van der Waals surface area contributed by atoms with E-state index in [4.69, 9.17) is 11.6 Å². The molecule has 0 spiro atoms. The molecule has 2 aromatic heterocycles. The number of hydrogen-bond acceptors (Lipinski definition) is 7. The van der Waals surface area contributed by atoms with E-state index in [1.807, 2.05) is 30.3 Å². The van der Waals surface area contributed by atoms with Gasteiger partial charge < -0.3 is 10.6 Å². The highest BCUT2D eigenvalue weighted by Crippen LogP contribution is 2.55. The molecule has 46 heavy (non-hydrogen) atoms. The Bertz CT molecular complexity index is 2020. The minimum absolute atomic E-state index is 0.157. The summed E-state index contributed by atoms with van der Waals surface area (Å²) < 4.78 is 65.9. The number of hydrogen-bond donors (Lipinski definition) is 2. The third kappa shape index (κ3) is 5.92. The molecule has 2 atom stereocenters. The van der Waals surface area contributed by atoms with Crippen LogP contribution in [-0.4, -0.2) is 26.2 Å². The number of benzene rings is 3. The minimum atomic E-state index is -4.57. The van der Waals surface area contributed by atoms with Crippen LogP contribution in [0.25, 0.3) is 10.9 Å². The van der Waals surface area contributed by atoms with E-state index >= 15 is 0 Å². The molecule has 232 valence electrons. The number of aromatic nitrogens is 4. The van der Waals surface area contributed by atoms with Gasteiger partial charge in [-0.3, -0.25) is 4.98 Å². The van der Waals surface area contributed by atoms with Crippen LogP contribution in [0.1, 0.15) is 61.5 Å². The summed E-state index contributed by atoms with van der Waals surface area (Å²) in [5, 5.41) is 34.1. The topological polar surface area (TPSA) is 115 Å². The fraction of sp³-hybridized carbons (Fsp3) is 0.242. The van der Waals surface area contributed by atoms with Gasteiger partial charge in [-0.1, -0.05) is 59.3 Å². The van der Waals surface area contributed by atoms with E-state index in [2.05, 4.69) is 38.1 Å². The summed E-state index contributed by atoms with van der Waals surface area (Å²) in [6.45, 7) is 0. The van der Waals surface area contributed by atoms with Gasteiger partial charge in [-0.25, -0.2) is 9.07 Å². The van der Waals surface area contributed by atoms with Crippen molar-refractivity contribution in [2.45, 2.75) is 49.5 Å². The van der Waals surface area contributed by atoms with Crippen molar-refractivity contribution in [1.29, 1.82) is 10.5 Å². The monoisotopic (exact) mass is 645 g/mol. The number of halogens is 5. The Morgan fingerprint density at radius 1 is 1.04 bits per heavy atom. The Labute approximate surface area is 267 Å². The summed E-state index contributed by atoms with van der Waals surface area (Å²) >= 11 is 6.71. The molecular formula is C33H25ClF4N8. The first-order valence-corrected chi connectivity index (χ1v) is 14.6. The number of fused-ring (bicyclic) bond motifs is 1. The van der Waals surface area contributed by atoms with Crippen molar-refractivity contribution in [3.05, 3.63) is 112 Å². The van der Waals surface area contributed by atoms with Crippen LogP contribution in [-0.2, 0) is 5.54 Å². The van der Waals surface area contributed by atoms with E-state index in [0.29, 0.717) is 23.0 Å². The zero-order valence-electron chi connectivity index (χ0n) is 25.0. The molecule has 1 unspecified atom stereocenters. The van der Waals surface area contributed by atoms with Crippen molar-refractivity contribution >= 4 is 33.9 Å². The second kappa shape index (κ2) is 12.3. The smallest absolute Gasteiger partial charge is 0.377 e. The van der Waals surface area contributed by atoms with Gasteiger partial charge >= 0.3 is 6.18 Å². The normalized spacial score (nSPS) is 16.0. The molecule has 0 aliphatic heterocycles. The largest absolute Gasteiger partial charge is 0.413 e. The predicted octanol–water partition coefficient (Wildman–Crippen LogP) is 8.20. The molecular weight excluding hydrogens is 620 g/mol. The van der Waals surface area contributed by atoms with E-state index in [-0.39, 0.29) is 52.8 Å². The second-order valence-electron chi connectivity index (χ2n) is 10.9. The number of alkyl halides is 3. The lowest BCUT2D eigenvalue weighted by molar-refractivity contribution is -0.182. The maximum absolute atomic E-state index is 13.9. The van der Waals surface area contributed by atoms with Crippen LogP contribution in [0.4, 0.5) is 28.9 Å². The summed E-state index contributed by atoms with van der Waals surface area (Å²) in [7, 11) is 0. The molecule has 0 radical (unpaired) electrons. The molecule has 3 aromatic carbocycles. The zero-order chi connectivity index (χ0) is 33.4. The van der Waals surface area contributed by atoms with E-state index in [1.54, 1.807) is 6.07 Å². The summed E-state index contributed by atoms with van der Waals surface area (Å²) in [4.78, 5) is 4.38. The first kappa shape index (κ1) is 29.5. The molecule has 2 heterocycles. The molecule has 8 nitrogen and oxygen atoms in total. The molecule has 1 aliphatic carbocycles. The van der Waals surface area contributed by atoms with Gasteiger partial charge in [0.15, 0.2) is 5.54 Å². The van der Waals surface area contributed by atoms with Crippen molar-refractivity contribution < 1.29 is 18.9 Å². The SMILES string of the molecule is [2H]C(Nc1cc(Cl)c2ncc(C#N)c(N[C@H](CCC#N)c3ccccc3)c2c1)(c1ccc(F)cc1)c1cn(C2(C(F)(F)F)CC2)nn1. The van der Waals surface area contributed by atoms with Crippen LogP contribution >= 0.6 is 11.6 Å². The summed E-state index contributed by atoms with van der Waals surface area (Å²) in [5.74, 6) is -0.572. The molecule has 2 N–H and O–H groups in total. The highest BCUT2D eigenvalue weighted by Gasteiger charge is 2.66. The lowest BCUT2D eigenvalue weighted by Gasteiger charge is -2.23. The standard InChI is InChI=1S/C33H25ClF4N8/c34-26-16-24(15-25-29(22(17-40)18-41-31(25)26)43-27(7-4-14-39)20-5-2-1-3-6-20)42-30(21-8-10-23(35)11-9-21)28-19-46(45-44-28)32(12-13-32)33(36,37)38/h1-3,5-6,8-11,15-16,18-19,27,30,42H,4,7,12-13H2,(H,41,43)/t27-,30?/m1/s1/i30D. The highest BCUT2D eigenvalue weighted by atomic mass is 35.5. The Kier molecular flexibility index (Phi) is 7.89. The Morgan fingerprint density at radius 3 is 2.43 bits per heavy atom. The van der Waals surface area contributed by atoms with E-state index < -0.39 is 23.6 Å². The fourth-order valence-electron chi connectivity index (χ4n) is 5.36. The molecule has 1 saturated carbocycles. The maximum Gasteiger partial charge on any atom is 0.413 e. The summed E-state index contributed by atoms with van der Waals surface area (Å²) in [6, 6.07) is 19.3. The Morgan fingerprint density at radius 2 is 1.78 bits per heavy atom. The van der Waals surface area contributed by atoms with Crippen LogP contribution in [0, 0.1) is 28.5 Å². The molecule has 13 heteroatoms. The van der Waals surface area contributed by atoms with Gasteiger partial charge in [0.25, 0.3) is 0 Å². The average Bonchev–Trinajstić information content (AvgIpc) is 3.73. The van der Waals surface area contributed by atoms with Crippen molar-refractivity contribution in [2.24, 2.45) is 0 Å². The lowest BCUT2D eigenvalue weighted by atomic mass is 10.00. The van der Waals surface area contributed by atoms with Crippen molar-refractivity contribution in [3.63, 3.8) is 0 Å². The summed E-state index contributed by atoms with van der Waals surface area (Å²) in [5.41, 5.74) is -0.149.